The first-order valence-electron chi connectivity index (χ1n) is 21.7. The van der Waals surface area contributed by atoms with Crippen LogP contribution in [0, 0.1) is 0 Å². The van der Waals surface area contributed by atoms with Crippen molar-refractivity contribution in [3.63, 3.8) is 0 Å². The summed E-state index contributed by atoms with van der Waals surface area (Å²) in [6.45, 7) is 5.25. The summed E-state index contributed by atoms with van der Waals surface area (Å²) in [6.07, 6.45) is 1.75. The first-order valence-corrected chi connectivity index (χ1v) is 21.7. The molecular weight excluding hydrogens is 777 g/mol. The van der Waals surface area contributed by atoms with Gasteiger partial charge in [-0.2, -0.15) is 9.97 Å². The third-order valence-corrected chi connectivity index (χ3v) is 12.1. The summed E-state index contributed by atoms with van der Waals surface area (Å²) in [5, 5.41) is 9.94. The molecule has 2 heterocycles. The van der Waals surface area contributed by atoms with Gasteiger partial charge in [-0.25, -0.2) is 4.98 Å². The van der Waals surface area contributed by atoms with Crippen LogP contribution in [0.15, 0.2) is 231 Å². The van der Waals surface area contributed by atoms with Crippen molar-refractivity contribution < 1.29 is 0 Å². The van der Waals surface area contributed by atoms with Crippen molar-refractivity contribution in [1.29, 1.82) is 0 Å². The summed E-state index contributed by atoms with van der Waals surface area (Å²) in [4.78, 5) is 15.5. The highest BCUT2D eigenvalue weighted by molar-refractivity contribution is 6.25. The largest absolute Gasteiger partial charge is 0.278 e. The summed E-state index contributed by atoms with van der Waals surface area (Å²) in [6, 6.07) is 77.7. The lowest BCUT2D eigenvalue weighted by molar-refractivity contribution is 0.953. The van der Waals surface area contributed by atoms with Crippen molar-refractivity contribution in [2.24, 2.45) is 0 Å². The molecule has 12 rings (SSSR count). The molecule has 0 fully saturated rings. The molecule has 64 heavy (non-hydrogen) atoms. The summed E-state index contributed by atoms with van der Waals surface area (Å²) >= 11 is 0. The molecule has 0 saturated heterocycles. The van der Waals surface area contributed by atoms with E-state index in [9.17, 15) is 0 Å². The second-order valence-electron chi connectivity index (χ2n) is 16.0. The molecule has 10 aromatic carbocycles. The second-order valence-corrected chi connectivity index (χ2v) is 16.0. The van der Waals surface area contributed by atoms with Crippen LogP contribution in [0.4, 0.5) is 0 Å². The van der Waals surface area contributed by atoms with Gasteiger partial charge in [0.05, 0.1) is 11.0 Å². The predicted octanol–water partition coefficient (Wildman–Crippen LogP) is 16.0. The van der Waals surface area contributed by atoms with Crippen LogP contribution < -0.4 is 0 Å². The highest BCUT2D eigenvalue weighted by Crippen LogP contribution is 2.39. The van der Waals surface area contributed by atoms with Crippen molar-refractivity contribution >= 4 is 54.1 Å². The van der Waals surface area contributed by atoms with Gasteiger partial charge >= 0.3 is 0 Å². The minimum Gasteiger partial charge on any atom is -0.278 e. The summed E-state index contributed by atoms with van der Waals surface area (Å²) in [5.41, 5.74) is 10.8. The average molecular weight is 819 g/mol. The zero-order valence-electron chi connectivity index (χ0n) is 35.4. The Morgan fingerprint density at radius 3 is 1.30 bits per heavy atom. The van der Waals surface area contributed by atoms with Gasteiger partial charge in [0, 0.05) is 21.9 Å². The number of rotatable bonds is 6. The number of nitrogens with zero attached hydrogens (tertiary/aromatic N) is 4. The molecule has 302 valence electrons. The van der Waals surface area contributed by atoms with Crippen LogP contribution >= 0.6 is 0 Å². The van der Waals surface area contributed by atoms with E-state index in [0.29, 0.717) is 17.6 Å². The van der Waals surface area contributed by atoms with E-state index in [1.807, 2.05) is 31.2 Å². The molecule has 0 unspecified atom stereocenters. The zero-order valence-corrected chi connectivity index (χ0v) is 35.4. The van der Waals surface area contributed by atoms with E-state index >= 15 is 0 Å². The molecule has 0 atom stereocenters. The molecule has 0 aliphatic carbocycles. The van der Waals surface area contributed by atoms with E-state index in [1.54, 1.807) is 6.08 Å². The lowest BCUT2D eigenvalue weighted by Gasteiger charge is -2.13. The maximum absolute atomic E-state index is 5.24. The lowest BCUT2D eigenvalue weighted by Crippen LogP contribution is -2.06. The Balaban J connectivity index is 0.00000148. The maximum atomic E-state index is 5.24. The van der Waals surface area contributed by atoms with Crippen molar-refractivity contribution in [2.75, 3.05) is 0 Å². The molecular formula is C60H42N4. The van der Waals surface area contributed by atoms with Gasteiger partial charge in [-0.05, 0) is 96.9 Å². The Kier molecular flexibility index (Phi) is 9.87. The van der Waals surface area contributed by atoms with E-state index in [0.717, 1.165) is 49.6 Å². The Morgan fingerprint density at radius 2 is 0.688 bits per heavy atom. The van der Waals surface area contributed by atoms with Crippen molar-refractivity contribution in [3.8, 4) is 62.1 Å². The molecule has 12 aromatic rings. The van der Waals surface area contributed by atoms with Crippen LogP contribution in [0.3, 0.4) is 0 Å². The van der Waals surface area contributed by atoms with Crippen LogP contribution in [-0.4, -0.2) is 19.5 Å². The van der Waals surface area contributed by atoms with E-state index in [4.69, 9.17) is 15.0 Å². The van der Waals surface area contributed by atoms with E-state index in [-0.39, 0.29) is 0 Å². The second kappa shape index (κ2) is 16.4. The van der Waals surface area contributed by atoms with E-state index in [2.05, 4.69) is 205 Å². The Morgan fingerprint density at radius 1 is 0.312 bits per heavy atom. The number of hydrogen-bond donors (Lipinski definition) is 0. The van der Waals surface area contributed by atoms with Crippen LogP contribution in [-0.2, 0) is 0 Å². The molecule has 0 amide bonds. The number of aromatic nitrogens is 4. The van der Waals surface area contributed by atoms with Gasteiger partial charge in [-0.3, -0.25) is 4.57 Å². The van der Waals surface area contributed by atoms with Gasteiger partial charge in [0.25, 0.3) is 0 Å². The Hall–Kier alpha value is -8.47. The number of fused-ring (bicyclic) bond motifs is 9. The fraction of sp³-hybridized carbons (Fsp3) is 0.0167. The van der Waals surface area contributed by atoms with Crippen molar-refractivity contribution in [3.05, 3.63) is 231 Å². The fourth-order valence-electron chi connectivity index (χ4n) is 9.08. The van der Waals surface area contributed by atoms with Gasteiger partial charge in [0.2, 0.25) is 5.95 Å². The van der Waals surface area contributed by atoms with Crippen LogP contribution in [0.5, 0.6) is 0 Å². The van der Waals surface area contributed by atoms with Gasteiger partial charge in [-0.1, -0.05) is 200 Å². The highest BCUT2D eigenvalue weighted by atomic mass is 15.2. The molecule has 0 saturated carbocycles. The number of hydrogen-bond acceptors (Lipinski definition) is 3. The smallest absolute Gasteiger partial charge is 0.238 e. The number of benzene rings is 10. The summed E-state index contributed by atoms with van der Waals surface area (Å²) in [7, 11) is 0. The third-order valence-electron chi connectivity index (χ3n) is 12.1. The molecule has 4 heteroatoms. The summed E-state index contributed by atoms with van der Waals surface area (Å²) in [5.74, 6) is 1.82. The van der Waals surface area contributed by atoms with Gasteiger partial charge < -0.3 is 0 Å². The quantitative estimate of drug-likeness (QED) is 0.124. The predicted molar refractivity (Wildman–Crippen MR) is 270 cm³/mol. The zero-order chi connectivity index (χ0) is 43.0. The minimum atomic E-state index is 0.573. The topological polar surface area (TPSA) is 43.6 Å². The van der Waals surface area contributed by atoms with Gasteiger partial charge in [-0.15, -0.1) is 6.58 Å². The number of allylic oxidation sites excluding steroid dienone is 1. The fourth-order valence-corrected chi connectivity index (χ4v) is 9.08. The minimum absolute atomic E-state index is 0.573. The van der Waals surface area contributed by atoms with Crippen LogP contribution in [0.25, 0.3) is 116 Å². The molecule has 4 nitrogen and oxygen atoms in total. The average Bonchev–Trinajstić information content (AvgIpc) is 3.71. The molecule has 0 aliphatic heterocycles. The van der Waals surface area contributed by atoms with E-state index < -0.39 is 0 Å². The molecule has 0 bridgehead atoms. The molecule has 0 N–H and O–H groups in total. The Bertz CT molecular complexity index is 3650. The first-order chi connectivity index (χ1) is 31.6. The Labute approximate surface area is 372 Å². The molecule has 2 aromatic heterocycles. The summed E-state index contributed by atoms with van der Waals surface area (Å²) < 4.78 is 2.20. The number of para-hydroxylation sites is 1. The maximum Gasteiger partial charge on any atom is 0.238 e. The normalized spacial score (nSPS) is 11.3. The van der Waals surface area contributed by atoms with Crippen molar-refractivity contribution in [1.82, 2.24) is 19.5 Å². The van der Waals surface area contributed by atoms with Crippen LogP contribution in [0.2, 0.25) is 0 Å². The van der Waals surface area contributed by atoms with E-state index in [1.165, 1.54) is 49.0 Å². The van der Waals surface area contributed by atoms with Crippen LogP contribution in [0.1, 0.15) is 6.92 Å². The molecule has 0 spiro atoms. The van der Waals surface area contributed by atoms with Gasteiger partial charge in [0.15, 0.2) is 11.6 Å². The third kappa shape index (κ3) is 6.88. The SMILES string of the molecule is C=CC.c1ccc(-c2ccc(-c3nc(-c4ccccc4)nc(-n4c5ccccc5c5ccc(-c6cccc(-c7ccc8c9ccccc9c9ccccc9c8c7)c6)cc54)n3)cc2)cc1. The molecule has 0 aliphatic rings. The monoisotopic (exact) mass is 818 g/mol. The van der Waals surface area contributed by atoms with Crippen molar-refractivity contribution in [2.45, 2.75) is 6.92 Å². The van der Waals surface area contributed by atoms with Gasteiger partial charge in [0.1, 0.15) is 0 Å². The first kappa shape index (κ1) is 38.5. The standard InChI is InChI=1S/C57H36N4.C3H6/c1-3-14-37(15-4-1)38-26-28-40(29-27-38)56-58-55(39-16-5-2-6-17-39)59-57(60-56)61-53-25-12-11-24-50(53)51-33-31-44(36-54(51)61)42-19-13-18-41(34-42)43-30-32-49-47-22-8-7-20-45(47)46-21-9-10-23-48(46)52(49)35-43;1-3-2/h1-36H;3H,1H2,2H3. The lowest BCUT2D eigenvalue weighted by atomic mass is 9.91. The molecule has 0 radical (unpaired) electrons. The highest BCUT2D eigenvalue weighted by Gasteiger charge is 2.19.